The van der Waals surface area contributed by atoms with Crippen LogP contribution in [0.15, 0.2) is 138 Å². The van der Waals surface area contributed by atoms with Gasteiger partial charge in [0, 0.05) is 61.0 Å². The van der Waals surface area contributed by atoms with Gasteiger partial charge in [-0.25, -0.2) is 33.8 Å². The number of hydrogen-bond donors (Lipinski definition) is 12. The van der Waals surface area contributed by atoms with Gasteiger partial charge in [0.25, 0.3) is 17.4 Å². The van der Waals surface area contributed by atoms with Gasteiger partial charge in [-0.2, -0.15) is 4.98 Å². The lowest BCUT2D eigenvalue weighted by Crippen LogP contribution is -2.52. The number of alkyl carbamates (subject to hydrolysis) is 1. The predicted molar refractivity (Wildman–Crippen MR) is 375 cm³/mol. The molecule has 5 amide bonds. The van der Waals surface area contributed by atoms with Crippen LogP contribution in [0, 0.1) is 11.8 Å². The number of ether oxygens (including phenoxy) is 3. The number of rotatable bonds is 37. The molecule has 10 atom stereocenters. The van der Waals surface area contributed by atoms with Crippen molar-refractivity contribution in [1.29, 1.82) is 0 Å². The number of fused-ring (bicyclic) bond motifs is 1. The zero-order valence-corrected chi connectivity index (χ0v) is 57.2. The number of carbonyl (C=O) groups excluding carboxylic acids is 6. The lowest BCUT2D eigenvalue weighted by atomic mass is 9.87. The second kappa shape index (κ2) is 39.2. The highest BCUT2D eigenvalue weighted by molar-refractivity contribution is 5.97. The van der Waals surface area contributed by atoms with E-state index in [1.165, 1.54) is 29.1 Å². The van der Waals surface area contributed by atoms with Crippen LogP contribution in [0.2, 0.25) is 0 Å². The van der Waals surface area contributed by atoms with E-state index < -0.39 is 90.0 Å². The van der Waals surface area contributed by atoms with Crippen LogP contribution in [0.5, 0.6) is 0 Å². The molecule has 2 aliphatic heterocycles. The summed E-state index contributed by atoms with van der Waals surface area (Å²) in [6.45, 7) is 10.5. The van der Waals surface area contributed by atoms with Gasteiger partial charge in [-0.3, -0.25) is 29.0 Å². The molecule has 1 fully saturated rings. The van der Waals surface area contributed by atoms with Crippen LogP contribution in [0.25, 0.3) is 16.9 Å². The molecule has 1 saturated heterocycles. The molecule has 14 N–H and O–H groups in total. The molecule has 7 rings (SSSR count). The number of nitrogens with one attached hydrogen (secondary N) is 7. The first kappa shape index (κ1) is 77.6. The minimum Gasteiger partial charge on any atom is -0.480 e. The maximum Gasteiger partial charge on any atom is 0.407 e. The number of benzene rings is 2. The van der Waals surface area contributed by atoms with Crippen LogP contribution in [-0.2, 0) is 51.1 Å². The Kier molecular flexibility index (Phi) is 30.1. The molecular weight excluding hydrogens is 1300 g/mol. The van der Waals surface area contributed by atoms with E-state index in [0.717, 1.165) is 17.6 Å². The van der Waals surface area contributed by atoms with Crippen molar-refractivity contribution < 1.29 is 67.9 Å². The molecule has 540 valence electrons. The van der Waals surface area contributed by atoms with E-state index in [2.05, 4.69) is 75.1 Å². The van der Waals surface area contributed by atoms with Gasteiger partial charge in [0.05, 0.1) is 67.0 Å². The number of aromatic nitrogens is 7. The van der Waals surface area contributed by atoms with Gasteiger partial charge in [-0.15, -0.1) is 5.10 Å². The Morgan fingerprint density at radius 3 is 2.30 bits per heavy atom. The molecule has 101 heavy (non-hydrogen) atoms. The number of aliphatic carboxylic acids is 2. The number of nitrogens with zero attached hydrogens (tertiary/aromatic N) is 6. The second-order valence-corrected chi connectivity index (χ2v) is 24.9. The predicted octanol–water partition coefficient (Wildman–Crippen LogP) is 5.51. The fraction of sp³-hybridized carbons (Fsp3) is 0.437. The summed E-state index contributed by atoms with van der Waals surface area (Å²) >= 11 is 0. The maximum atomic E-state index is 13.7. The Morgan fingerprint density at radius 1 is 0.861 bits per heavy atom. The number of H-pyrrole nitrogens is 1. The first-order valence-electron chi connectivity index (χ1n) is 33.6. The van der Waals surface area contributed by atoms with E-state index >= 15 is 0 Å². The normalized spacial score (nSPS) is 18.7. The van der Waals surface area contributed by atoms with E-state index in [-0.39, 0.29) is 111 Å². The highest BCUT2D eigenvalue weighted by Crippen LogP contribution is 2.29. The lowest BCUT2D eigenvalue weighted by Gasteiger charge is -2.39. The van der Waals surface area contributed by atoms with Crippen molar-refractivity contribution in [1.82, 2.24) is 61.5 Å². The third kappa shape index (κ3) is 25.2. The highest BCUT2D eigenvalue weighted by atomic mass is 16.6. The van der Waals surface area contributed by atoms with Crippen LogP contribution in [0.4, 0.5) is 16.4 Å². The summed E-state index contributed by atoms with van der Waals surface area (Å²) in [6.07, 6.45) is 21.9. The third-order valence-corrected chi connectivity index (χ3v) is 16.7. The summed E-state index contributed by atoms with van der Waals surface area (Å²) in [7, 11) is 0. The van der Waals surface area contributed by atoms with Crippen LogP contribution in [-0.4, -0.2) is 166 Å². The van der Waals surface area contributed by atoms with Crippen LogP contribution in [0.1, 0.15) is 137 Å². The van der Waals surface area contributed by atoms with E-state index in [9.17, 15) is 58.5 Å². The Morgan fingerprint density at radius 2 is 1.57 bits per heavy atom. The Hall–Kier alpha value is -10.7. The third-order valence-electron chi connectivity index (χ3n) is 16.7. The monoisotopic (exact) mass is 1390 g/mol. The van der Waals surface area contributed by atoms with Gasteiger partial charge in [-0.05, 0) is 139 Å². The smallest absolute Gasteiger partial charge is 0.407 e. The second-order valence-electron chi connectivity index (χ2n) is 24.9. The minimum absolute atomic E-state index is 0.00358. The molecule has 0 bridgehead atoms. The maximum absolute atomic E-state index is 13.7. The number of cyclic esters (lactones) is 1. The number of unbranched alkanes of at least 4 members (excludes halogenated alkanes) is 2. The molecule has 30 nitrogen and oxygen atoms in total. The fourth-order valence-electron chi connectivity index (χ4n) is 11.2. The molecule has 0 aliphatic carbocycles. The van der Waals surface area contributed by atoms with Gasteiger partial charge in [0.1, 0.15) is 24.2 Å². The summed E-state index contributed by atoms with van der Waals surface area (Å²) < 4.78 is 18.9. The van der Waals surface area contributed by atoms with Crippen LogP contribution in [0.3, 0.4) is 0 Å². The molecular formula is C71H91N15O15. The van der Waals surface area contributed by atoms with Crippen molar-refractivity contribution in [3.05, 3.63) is 166 Å². The number of carboxylic acids is 2. The van der Waals surface area contributed by atoms with Crippen LogP contribution < -0.4 is 48.9 Å². The molecule has 5 aromatic rings. The zero-order valence-electron chi connectivity index (χ0n) is 57.2. The zero-order chi connectivity index (χ0) is 73.0. The molecule has 5 heterocycles. The molecule has 0 spiro atoms. The number of aromatic amines is 1. The average Bonchev–Trinajstić information content (AvgIpc) is 1.75. The molecule has 0 unspecified atom stereocenters. The van der Waals surface area contributed by atoms with E-state index in [4.69, 9.17) is 25.7 Å². The van der Waals surface area contributed by atoms with Gasteiger partial charge >= 0.3 is 24.0 Å². The topological polar surface area (TPSA) is 451 Å². The Bertz CT molecular complexity index is 3920. The SMILES string of the molecule is C/C=C/[C@@H]1O[C@H]([C@@H](/C=C/C=C(\C)C[C@@H](C)/C=C(C)\C=C\[C@H]2CC=CC(=O)O2)NC(=O)OCCc2cn(-c3ccc(C(=O)NCCCC[C@H](NC(=O)CC[C@H](NC(=O)c4ccc(NCc5cnc6nc(N)[nH]c(=O)c6n5)cc4)C(=O)O)C(=O)N[C@H](CCCCN)C(=O)O)cc3)nn2)C[C@@H](O)[C@@H]1C. The Labute approximate surface area is 584 Å². The number of nitrogen functional groups attached to an aromatic ring is 1. The molecule has 2 aliphatic rings. The van der Waals surface area contributed by atoms with Crippen molar-refractivity contribution >= 4 is 70.4 Å². The fourth-order valence-corrected chi connectivity index (χ4v) is 11.2. The minimum atomic E-state index is -1.52. The summed E-state index contributed by atoms with van der Waals surface area (Å²) in [4.78, 5) is 130. The number of carboxylic acid groups (broad SMARTS) is 2. The van der Waals surface area contributed by atoms with E-state index in [1.807, 2.05) is 70.2 Å². The summed E-state index contributed by atoms with van der Waals surface area (Å²) in [6, 6.07) is 7.88. The van der Waals surface area contributed by atoms with Crippen molar-refractivity contribution in [2.45, 2.75) is 167 Å². The number of allylic oxidation sites excluding steroid dienone is 7. The molecule has 2 aromatic carbocycles. The number of amides is 5. The average molecular weight is 1390 g/mol. The van der Waals surface area contributed by atoms with Gasteiger partial charge in [0.2, 0.25) is 17.8 Å². The summed E-state index contributed by atoms with van der Waals surface area (Å²) in [5.41, 5.74) is 15.4. The number of nitrogens with two attached hydrogens (primary N) is 2. The van der Waals surface area contributed by atoms with Gasteiger partial charge in [-0.1, -0.05) is 78.8 Å². The number of carbonyl (C=O) groups is 8. The standard InChI is InChI=1S/C71H91N15O15/c1-6-13-58-45(5)57(87)38-59(101-58)53(18-11-14-42(2)36-44(4)37-43(3)20-29-52-15-12-19-61(89)100-52)81-71(98)99-35-32-49-41-86(85-84-49)51-27-23-46(24-28-51)64(90)74-34-10-8-16-54(66(92)80-55(68(94)95)17-7-9-33-72)78-60(88)31-30-56(69(96)97)79-65(91)47-21-25-48(26-22-47)75-39-50-40-76-63-62(77-50)67(93)83-70(73)82-63/h6,11-14,18-29,37,40-41,44-45,52-59,75,87H,7-10,15-17,30-36,38-39,72H2,1-5H3,(H,74,90)(H,78,88)(H,79,91)(H,80,92)(H,81,98)(H,94,95)(H,96,97)(H3,73,76,82,83,93)/b13-6+,18-11+,29-20+,42-14+,43-37-/t44-,45+,52-,53-,54+,55-,56+,57-,58+,59+/m1/s1. The highest BCUT2D eigenvalue weighted by Gasteiger charge is 2.38. The first-order chi connectivity index (χ1) is 48.4. The number of esters is 1. The quantitative estimate of drug-likeness (QED) is 0.0101. The molecule has 0 saturated carbocycles. The van der Waals surface area contributed by atoms with E-state index in [1.54, 1.807) is 48.7 Å². The van der Waals surface area contributed by atoms with Crippen LogP contribution >= 0.6 is 0 Å². The van der Waals surface area contributed by atoms with Gasteiger partial charge in [0.15, 0.2) is 11.2 Å². The van der Waals surface area contributed by atoms with Crippen molar-refractivity contribution in [3.63, 3.8) is 0 Å². The lowest BCUT2D eigenvalue weighted by molar-refractivity contribution is -0.142. The largest absolute Gasteiger partial charge is 0.480 e. The first-order valence-corrected chi connectivity index (χ1v) is 33.6. The van der Waals surface area contributed by atoms with Crippen molar-refractivity contribution in [2.24, 2.45) is 17.6 Å². The molecule has 0 radical (unpaired) electrons. The number of aliphatic hydroxyl groups is 1. The van der Waals surface area contributed by atoms with Gasteiger partial charge < -0.3 is 72.9 Å². The van der Waals surface area contributed by atoms with Crippen molar-refractivity contribution in [2.75, 3.05) is 30.7 Å². The molecule has 30 heteroatoms. The Balaban J connectivity index is 0.864. The number of aliphatic hydroxyl groups excluding tert-OH is 1. The van der Waals surface area contributed by atoms with E-state index in [0.29, 0.717) is 60.6 Å². The summed E-state index contributed by atoms with van der Waals surface area (Å²) in [5.74, 6) is -5.77. The van der Waals surface area contributed by atoms with Crippen molar-refractivity contribution in [3.8, 4) is 5.69 Å². The number of hydrogen-bond acceptors (Lipinski definition) is 21. The molecule has 3 aromatic heterocycles. The summed E-state index contributed by atoms with van der Waals surface area (Å²) in [5, 5.41) is 55.8. The number of anilines is 2.